The van der Waals surface area contributed by atoms with Gasteiger partial charge in [-0.3, -0.25) is 4.79 Å². The Hall–Kier alpha value is -1.44. The number of hydrogen-bond donors (Lipinski definition) is 3. The molecule has 0 spiro atoms. The van der Waals surface area contributed by atoms with Gasteiger partial charge in [-0.05, 0) is 25.0 Å². The summed E-state index contributed by atoms with van der Waals surface area (Å²) in [5, 5.41) is 2.52. The summed E-state index contributed by atoms with van der Waals surface area (Å²) >= 11 is 0. The molecule has 0 fully saturated rings. The predicted molar refractivity (Wildman–Crippen MR) is 82.8 cm³/mol. The fraction of sp³-hybridized carbons (Fsp3) is 0.500. The standard InChI is InChI=1S/C14H23N3O3S/c1-14(2,13(18)16-3)10-17-21(19,20)9-12-6-4-5-11(7-12)8-15/h4-7,17H,8-10,15H2,1-3H3,(H,16,18). The zero-order chi connectivity index (χ0) is 16.1. The van der Waals surface area contributed by atoms with Gasteiger partial charge >= 0.3 is 0 Å². The number of sulfonamides is 1. The van der Waals surface area contributed by atoms with Gasteiger partial charge in [-0.15, -0.1) is 0 Å². The lowest BCUT2D eigenvalue weighted by molar-refractivity contribution is -0.128. The quantitative estimate of drug-likeness (QED) is 0.675. The van der Waals surface area contributed by atoms with E-state index in [2.05, 4.69) is 10.0 Å². The molecule has 0 aliphatic heterocycles. The highest BCUT2D eigenvalue weighted by molar-refractivity contribution is 7.88. The average molecular weight is 313 g/mol. The van der Waals surface area contributed by atoms with Crippen LogP contribution in [0, 0.1) is 5.41 Å². The maximum Gasteiger partial charge on any atom is 0.226 e. The number of hydrogen-bond acceptors (Lipinski definition) is 4. The van der Waals surface area contributed by atoms with E-state index in [9.17, 15) is 13.2 Å². The summed E-state index contributed by atoms with van der Waals surface area (Å²) in [6.45, 7) is 3.78. The van der Waals surface area contributed by atoms with E-state index in [1.165, 1.54) is 7.05 Å². The van der Waals surface area contributed by atoms with Crippen LogP contribution in [-0.4, -0.2) is 27.9 Å². The summed E-state index contributed by atoms with van der Waals surface area (Å²) in [4.78, 5) is 11.6. The van der Waals surface area contributed by atoms with Crippen molar-refractivity contribution in [3.8, 4) is 0 Å². The zero-order valence-corrected chi connectivity index (χ0v) is 13.5. The third-order valence-electron chi connectivity index (χ3n) is 3.16. The Bertz CT molecular complexity index is 597. The van der Waals surface area contributed by atoms with Gasteiger partial charge in [0.15, 0.2) is 0 Å². The highest BCUT2D eigenvalue weighted by Crippen LogP contribution is 2.15. The lowest BCUT2D eigenvalue weighted by Crippen LogP contribution is -2.43. The predicted octanol–water partition coefficient (Wildman–Crippen LogP) is 0.337. The van der Waals surface area contributed by atoms with Crippen LogP contribution in [0.15, 0.2) is 24.3 Å². The van der Waals surface area contributed by atoms with Crippen molar-refractivity contribution in [2.75, 3.05) is 13.6 Å². The second-order valence-corrected chi connectivity index (χ2v) is 7.37. The Kier molecular flexibility index (Phi) is 5.88. The van der Waals surface area contributed by atoms with E-state index < -0.39 is 15.4 Å². The van der Waals surface area contributed by atoms with Gasteiger partial charge in [0.05, 0.1) is 11.2 Å². The van der Waals surface area contributed by atoms with Crippen molar-refractivity contribution < 1.29 is 13.2 Å². The van der Waals surface area contributed by atoms with Gasteiger partial charge in [0, 0.05) is 20.1 Å². The third-order valence-corrected chi connectivity index (χ3v) is 4.46. The van der Waals surface area contributed by atoms with Crippen LogP contribution in [0.4, 0.5) is 0 Å². The number of amides is 1. The second-order valence-electron chi connectivity index (χ2n) is 5.57. The molecule has 0 saturated heterocycles. The Labute approximate surface area is 126 Å². The maximum atomic E-state index is 12.1. The Morgan fingerprint density at radius 2 is 1.90 bits per heavy atom. The summed E-state index contributed by atoms with van der Waals surface area (Å²) in [6.07, 6.45) is 0. The molecule has 0 bridgehead atoms. The van der Waals surface area contributed by atoms with E-state index in [0.29, 0.717) is 12.1 Å². The van der Waals surface area contributed by atoms with Gasteiger partial charge in [0.25, 0.3) is 0 Å². The molecule has 1 aromatic rings. The Morgan fingerprint density at radius 3 is 2.48 bits per heavy atom. The number of carbonyl (C=O) groups excluding carboxylic acids is 1. The molecule has 0 radical (unpaired) electrons. The minimum absolute atomic E-state index is 0.0472. The number of carbonyl (C=O) groups is 1. The summed E-state index contributed by atoms with van der Waals surface area (Å²) < 4.78 is 26.6. The van der Waals surface area contributed by atoms with E-state index in [1.54, 1.807) is 32.0 Å². The van der Waals surface area contributed by atoms with Crippen LogP contribution in [0.5, 0.6) is 0 Å². The van der Waals surface area contributed by atoms with Crippen molar-refractivity contribution in [2.24, 2.45) is 11.1 Å². The van der Waals surface area contributed by atoms with Crippen molar-refractivity contribution in [2.45, 2.75) is 26.1 Å². The molecule has 6 nitrogen and oxygen atoms in total. The zero-order valence-electron chi connectivity index (χ0n) is 12.6. The molecule has 1 amide bonds. The normalized spacial score (nSPS) is 12.2. The van der Waals surface area contributed by atoms with Crippen molar-refractivity contribution in [3.63, 3.8) is 0 Å². The second kappa shape index (κ2) is 7.02. The lowest BCUT2D eigenvalue weighted by atomic mass is 9.93. The Morgan fingerprint density at radius 1 is 1.29 bits per heavy atom. The largest absolute Gasteiger partial charge is 0.359 e. The minimum Gasteiger partial charge on any atom is -0.359 e. The van der Waals surface area contributed by atoms with Crippen LogP contribution >= 0.6 is 0 Å². The van der Waals surface area contributed by atoms with Gasteiger partial charge in [0.2, 0.25) is 15.9 Å². The summed E-state index contributed by atoms with van der Waals surface area (Å²) in [5.74, 6) is -0.347. The van der Waals surface area contributed by atoms with Gasteiger partial charge in [-0.2, -0.15) is 0 Å². The summed E-state index contributed by atoms with van der Waals surface area (Å²) in [5.41, 5.74) is 6.29. The Balaban J connectivity index is 2.72. The molecule has 118 valence electrons. The maximum absolute atomic E-state index is 12.1. The van der Waals surface area contributed by atoms with Crippen molar-refractivity contribution in [3.05, 3.63) is 35.4 Å². The molecule has 0 heterocycles. The molecule has 0 aliphatic carbocycles. The monoisotopic (exact) mass is 313 g/mol. The fourth-order valence-electron chi connectivity index (χ4n) is 1.83. The molecule has 0 atom stereocenters. The lowest BCUT2D eigenvalue weighted by Gasteiger charge is -2.22. The molecular weight excluding hydrogens is 290 g/mol. The van der Waals surface area contributed by atoms with Crippen molar-refractivity contribution >= 4 is 15.9 Å². The van der Waals surface area contributed by atoms with Gasteiger partial charge in [0.1, 0.15) is 0 Å². The summed E-state index contributed by atoms with van der Waals surface area (Å²) in [7, 11) is -1.98. The minimum atomic E-state index is -3.51. The van der Waals surface area contributed by atoms with Crippen LogP contribution < -0.4 is 15.8 Å². The molecule has 0 saturated carbocycles. The molecule has 0 aromatic heterocycles. The molecule has 1 aromatic carbocycles. The van der Waals surface area contributed by atoms with E-state index in [4.69, 9.17) is 5.73 Å². The smallest absolute Gasteiger partial charge is 0.226 e. The first-order valence-corrected chi connectivity index (χ1v) is 8.33. The van der Waals surface area contributed by atoms with Crippen LogP contribution in [0.3, 0.4) is 0 Å². The van der Waals surface area contributed by atoms with Crippen molar-refractivity contribution in [1.82, 2.24) is 10.0 Å². The summed E-state index contributed by atoms with van der Waals surface area (Å²) in [6, 6.07) is 7.13. The van der Waals surface area contributed by atoms with Crippen LogP contribution in [0.2, 0.25) is 0 Å². The molecule has 4 N–H and O–H groups in total. The SMILES string of the molecule is CNC(=O)C(C)(C)CNS(=O)(=O)Cc1cccc(CN)c1. The first kappa shape index (κ1) is 17.6. The van der Waals surface area contributed by atoms with E-state index in [1.807, 2.05) is 6.07 Å². The first-order valence-electron chi connectivity index (χ1n) is 6.67. The van der Waals surface area contributed by atoms with Crippen LogP contribution in [0.1, 0.15) is 25.0 Å². The third kappa shape index (κ3) is 5.45. The number of benzene rings is 1. The van der Waals surface area contributed by atoms with Gasteiger partial charge in [-0.1, -0.05) is 24.3 Å². The topological polar surface area (TPSA) is 101 Å². The van der Waals surface area contributed by atoms with Crippen LogP contribution in [-0.2, 0) is 27.1 Å². The highest BCUT2D eigenvalue weighted by Gasteiger charge is 2.28. The molecular formula is C14H23N3O3S. The first-order chi connectivity index (χ1) is 9.70. The van der Waals surface area contributed by atoms with Gasteiger partial charge in [-0.25, -0.2) is 13.1 Å². The number of nitrogens with one attached hydrogen (secondary N) is 2. The van der Waals surface area contributed by atoms with Crippen molar-refractivity contribution in [1.29, 1.82) is 0 Å². The number of nitrogens with two attached hydrogens (primary N) is 1. The highest BCUT2D eigenvalue weighted by atomic mass is 32.2. The molecule has 1 rings (SSSR count). The molecule has 0 unspecified atom stereocenters. The molecule has 7 heteroatoms. The van der Waals surface area contributed by atoms with E-state index >= 15 is 0 Å². The average Bonchev–Trinajstić information content (AvgIpc) is 2.44. The molecule has 21 heavy (non-hydrogen) atoms. The van der Waals surface area contributed by atoms with E-state index in [0.717, 1.165) is 5.56 Å². The van der Waals surface area contributed by atoms with E-state index in [-0.39, 0.29) is 18.2 Å². The molecule has 0 aliphatic rings. The van der Waals surface area contributed by atoms with Gasteiger partial charge < -0.3 is 11.1 Å². The van der Waals surface area contributed by atoms with Crippen LogP contribution in [0.25, 0.3) is 0 Å². The fourth-order valence-corrected chi connectivity index (χ4v) is 3.13. The number of rotatable bonds is 7.